The molecule has 0 bridgehead atoms. The number of carbonyl (C=O) groups excluding carboxylic acids is 2. The van der Waals surface area contributed by atoms with E-state index in [1.165, 1.54) is 0 Å². The molecule has 116 valence electrons. The Morgan fingerprint density at radius 2 is 2.26 bits per heavy atom. The quantitative estimate of drug-likeness (QED) is 0.655. The summed E-state index contributed by atoms with van der Waals surface area (Å²) in [6.07, 6.45) is 0.229. The predicted molar refractivity (Wildman–Crippen MR) is 84.5 cm³/mol. The van der Waals surface area contributed by atoms with E-state index in [-0.39, 0.29) is 24.2 Å². The van der Waals surface area contributed by atoms with E-state index >= 15 is 0 Å². The third-order valence-electron chi connectivity index (χ3n) is 3.95. The number of fused-ring (bicyclic) bond motifs is 2. The average Bonchev–Trinajstić information content (AvgIpc) is 3.19. The molecule has 3 heterocycles. The van der Waals surface area contributed by atoms with Crippen LogP contribution in [-0.4, -0.2) is 37.8 Å². The first-order chi connectivity index (χ1) is 11.2. The number of nitrogens with zero attached hydrogens (tertiary/aromatic N) is 3. The summed E-state index contributed by atoms with van der Waals surface area (Å²) in [6.45, 7) is 0. The first-order valence-corrected chi connectivity index (χ1v) is 7.73. The van der Waals surface area contributed by atoms with Gasteiger partial charge in [0.2, 0.25) is 5.91 Å². The molecule has 1 atom stereocenters. The molecule has 0 saturated carbocycles. The van der Waals surface area contributed by atoms with Crippen LogP contribution >= 0.6 is 11.7 Å². The summed E-state index contributed by atoms with van der Waals surface area (Å²) in [5.74, 6) is -0.316. The summed E-state index contributed by atoms with van der Waals surface area (Å²) in [7, 11) is 1.55. The highest BCUT2D eigenvalue weighted by Crippen LogP contribution is 2.40. The first-order valence-electron chi connectivity index (χ1n) is 7.00. The zero-order chi connectivity index (χ0) is 16.0. The van der Waals surface area contributed by atoms with Crippen molar-refractivity contribution in [3.05, 3.63) is 35.0 Å². The highest BCUT2D eigenvalue weighted by atomic mass is 32.1. The number of amides is 2. The third-order valence-corrected chi connectivity index (χ3v) is 4.49. The van der Waals surface area contributed by atoms with Gasteiger partial charge in [0.25, 0.3) is 5.91 Å². The lowest BCUT2D eigenvalue weighted by Crippen LogP contribution is -2.26. The van der Waals surface area contributed by atoms with Gasteiger partial charge in [-0.1, -0.05) is 12.1 Å². The maximum absolute atomic E-state index is 12.1. The molecule has 8 nitrogen and oxygen atoms in total. The summed E-state index contributed by atoms with van der Waals surface area (Å²) < 4.78 is 8.58. The molecule has 0 aliphatic carbocycles. The second-order valence-corrected chi connectivity index (χ2v) is 5.75. The van der Waals surface area contributed by atoms with Crippen molar-refractivity contribution in [1.29, 1.82) is 0 Å². The maximum atomic E-state index is 12.1. The number of aromatic nitrogens is 4. The van der Waals surface area contributed by atoms with Crippen molar-refractivity contribution in [3.8, 4) is 0 Å². The number of rotatable bonds is 2. The molecule has 4 rings (SSSR count). The van der Waals surface area contributed by atoms with E-state index < -0.39 is 0 Å². The molecule has 1 aliphatic heterocycles. The fourth-order valence-corrected chi connectivity index (χ4v) is 3.48. The van der Waals surface area contributed by atoms with Crippen LogP contribution in [0.4, 0.5) is 5.82 Å². The molecule has 3 N–H and O–H groups in total. The van der Waals surface area contributed by atoms with E-state index in [0.717, 1.165) is 28.3 Å². The van der Waals surface area contributed by atoms with E-state index in [1.54, 1.807) is 7.05 Å². The predicted octanol–water partition coefficient (Wildman–Crippen LogP) is 1.25. The Morgan fingerprint density at radius 1 is 1.39 bits per heavy atom. The topological polar surface area (TPSA) is 113 Å². The van der Waals surface area contributed by atoms with Gasteiger partial charge in [-0.15, -0.1) is 0 Å². The van der Waals surface area contributed by atoms with Crippen LogP contribution in [-0.2, 0) is 4.79 Å². The van der Waals surface area contributed by atoms with Crippen LogP contribution in [0.1, 0.15) is 34.0 Å². The zero-order valence-corrected chi connectivity index (χ0v) is 12.9. The van der Waals surface area contributed by atoms with Crippen LogP contribution in [0.3, 0.4) is 0 Å². The van der Waals surface area contributed by atoms with Gasteiger partial charge in [0.15, 0.2) is 5.82 Å². The molecule has 0 spiro atoms. The number of benzene rings is 1. The Labute approximate surface area is 134 Å². The van der Waals surface area contributed by atoms with Gasteiger partial charge in [0.05, 0.1) is 11.7 Å². The minimum Gasteiger partial charge on any atom is -0.354 e. The Hall–Kier alpha value is -2.81. The SMILES string of the molecule is CNC(=O)c1[nH]nc2c1[C@H](c1cccc3nsnc13)CC(=O)N2. The molecular weight excluding hydrogens is 316 g/mol. The van der Waals surface area contributed by atoms with Crippen LogP contribution in [0.2, 0.25) is 0 Å². The molecule has 2 amide bonds. The lowest BCUT2D eigenvalue weighted by atomic mass is 9.85. The van der Waals surface area contributed by atoms with Crippen molar-refractivity contribution >= 4 is 40.4 Å². The molecular formula is C14H12N6O2S. The summed E-state index contributed by atoms with van der Waals surface area (Å²) in [4.78, 5) is 24.1. The number of nitrogens with one attached hydrogen (secondary N) is 3. The number of carbonyl (C=O) groups is 2. The van der Waals surface area contributed by atoms with Crippen molar-refractivity contribution in [3.63, 3.8) is 0 Å². The van der Waals surface area contributed by atoms with E-state index in [0.29, 0.717) is 17.1 Å². The Kier molecular flexibility index (Phi) is 3.08. The molecule has 0 unspecified atom stereocenters. The van der Waals surface area contributed by atoms with Gasteiger partial charge < -0.3 is 10.6 Å². The van der Waals surface area contributed by atoms with Gasteiger partial charge in [-0.2, -0.15) is 13.8 Å². The molecule has 0 saturated heterocycles. The Morgan fingerprint density at radius 3 is 3.09 bits per heavy atom. The zero-order valence-electron chi connectivity index (χ0n) is 12.1. The lowest BCUT2D eigenvalue weighted by molar-refractivity contribution is -0.116. The van der Waals surface area contributed by atoms with Crippen molar-refractivity contribution in [2.45, 2.75) is 12.3 Å². The van der Waals surface area contributed by atoms with Crippen molar-refractivity contribution < 1.29 is 9.59 Å². The monoisotopic (exact) mass is 328 g/mol. The van der Waals surface area contributed by atoms with Crippen LogP contribution in [0, 0.1) is 0 Å². The largest absolute Gasteiger partial charge is 0.354 e. The van der Waals surface area contributed by atoms with Gasteiger partial charge in [-0.25, -0.2) is 0 Å². The first kappa shape index (κ1) is 13.8. The van der Waals surface area contributed by atoms with Gasteiger partial charge >= 0.3 is 0 Å². The van der Waals surface area contributed by atoms with Crippen molar-refractivity contribution in [1.82, 2.24) is 24.3 Å². The summed E-state index contributed by atoms with van der Waals surface area (Å²) in [6, 6.07) is 5.67. The van der Waals surface area contributed by atoms with Crippen LogP contribution in [0.25, 0.3) is 11.0 Å². The molecule has 0 fully saturated rings. The van der Waals surface area contributed by atoms with Crippen molar-refractivity contribution in [2.75, 3.05) is 12.4 Å². The molecule has 2 aromatic heterocycles. The molecule has 3 aromatic rings. The van der Waals surface area contributed by atoms with Crippen LogP contribution in [0.5, 0.6) is 0 Å². The highest BCUT2D eigenvalue weighted by molar-refractivity contribution is 7.00. The van der Waals surface area contributed by atoms with E-state index in [9.17, 15) is 9.59 Å². The molecule has 0 radical (unpaired) electrons. The summed E-state index contributed by atoms with van der Waals surface area (Å²) >= 11 is 1.13. The number of H-pyrrole nitrogens is 1. The number of hydrogen-bond acceptors (Lipinski definition) is 6. The smallest absolute Gasteiger partial charge is 0.269 e. The average molecular weight is 328 g/mol. The van der Waals surface area contributed by atoms with E-state index in [1.807, 2.05) is 18.2 Å². The van der Waals surface area contributed by atoms with Gasteiger partial charge in [0.1, 0.15) is 16.7 Å². The Bertz CT molecular complexity index is 930. The minimum atomic E-state index is -0.294. The van der Waals surface area contributed by atoms with Gasteiger partial charge in [-0.3, -0.25) is 14.7 Å². The normalized spacial score (nSPS) is 16.9. The van der Waals surface area contributed by atoms with E-state index in [4.69, 9.17) is 0 Å². The standard InChI is InChI=1S/C14H12N6O2S/c1-15-14(22)12-10-7(5-9(21)16-13(10)18-17-12)6-3-2-4-8-11(6)20-23-19-8/h2-4,7H,5H2,1H3,(H,15,22)(H2,16,17,18,21)/t7-/m0/s1. The molecule has 1 aliphatic rings. The fourth-order valence-electron chi connectivity index (χ4n) is 2.93. The Balaban J connectivity index is 1.94. The van der Waals surface area contributed by atoms with Gasteiger partial charge in [0, 0.05) is 24.9 Å². The fraction of sp³-hybridized carbons (Fsp3) is 0.214. The van der Waals surface area contributed by atoms with Crippen molar-refractivity contribution in [2.24, 2.45) is 0 Å². The number of hydrogen-bond donors (Lipinski definition) is 3. The third kappa shape index (κ3) is 2.08. The highest BCUT2D eigenvalue weighted by Gasteiger charge is 2.34. The second-order valence-electron chi connectivity index (χ2n) is 5.22. The summed E-state index contributed by atoms with van der Waals surface area (Å²) in [5, 5.41) is 12.1. The number of aromatic amines is 1. The van der Waals surface area contributed by atoms with Gasteiger partial charge in [-0.05, 0) is 11.6 Å². The van der Waals surface area contributed by atoms with E-state index in [2.05, 4.69) is 29.6 Å². The second kappa shape index (κ2) is 5.13. The molecule has 23 heavy (non-hydrogen) atoms. The molecule has 1 aromatic carbocycles. The van der Waals surface area contributed by atoms with Crippen LogP contribution in [0.15, 0.2) is 18.2 Å². The number of anilines is 1. The minimum absolute atomic E-state index is 0.141. The maximum Gasteiger partial charge on any atom is 0.269 e. The van der Waals surface area contributed by atoms with Crippen LogP contribution < -0.4 is 10.6 Å². The lowest BCUT2D eigenvalue weighted by Gasteiger charge is -2.23. The molecule has 9 heteroatoms. The summed E-state index contributed by atoms with van der Waals surface area (Å²) in [5.41, 5.74) is 3.45.